The molecule has 0 aromatic heterocycles. The number of allylic oxidation sites excluding steroid dienone is 2. The minimum atomic E-state index is -1.52. The van der Waals surface area contributed by atoms with Crippen LogP contribution in [0.1, 0.15) is 40.5 Å². The molecule has 37 heavy (non-hydrogen) atoms. The van der Waals surface area contributed by atoms with Crippen molar-refractivity contribution in [3.05, 3.63) is 23.3 Å². The molecule has 12 atom stereocenters. The van der Waals surface area contributed by atoms with Crippen LogP contribution >= 0.6 is 0 Å². The average Bonchev–Trinajstić information content (AvgIpc) is 2.83. The molecule has 0 unspecified atom stereocenters. The first-order chi connectivity index (χ1) is 17.3. The van der Waals surface area contributed by atoms with Gasteiger partial charge in [0.25, 0.3) is 0 Å². The maximum Gasteiger partial charge on any atom is 0.187 e. The molecule has 0 aromatic carbocycles. The summed E-state index contributed by atoms with van der Waals surface area (Å²) in [6.45, 7) is 6.67. The molecule has 0 amide bonds. The van der Waals surface area contributed by atoms with Crippen molar-refractivity contribution in [2.75, 3.05) is 13.2 Å². The summed E-state index contributed by atoms with van der Waals surface area (Å²) in [4.78, 5) is 0. The van der Waals surface area contributed by atoms with Crippen LogP contribution in [-0.4, -0.2) is 128 Å². The van der Waals surface area contributed by atoms with Gasteiger partial charge in [-0.2, -0.15) is 0 Å². The monoisotopic (exact) mass is 534 g/mol. The average molecular weight is 535 g/mol. The van der Waals surface area contributed by atoms with Gasteiger partial charge in [0.15, 0.2) is 12.6 Å². The highest BCUT2D eigenvalue weighted by molar-refractivity contribution is 5.34. The van der Waals surface area contributed by atoms with E-state index in [1.807, 2.05) is 26.8 Å². The minimum Gasteiger partial charge on any atom is -0.394 e. The van der Waals surface area contributed by atoms with Crippen LogP contribution in [0.4, 0.5) is 0 Å². The van der Waals surface area contributed by atoms with Crippen molar-refractivity contribution in [2.24, 2.45) is 5.41 Å². The second kappa shape index (κ2) is 12.5. The van der Waals surface area contributed by atoms with E-state index in [4.69, 9.17) is 18.9 Å². The first-order valence-corrected chi connectivity index (χ1v) is 12.6. The Hall–Kier alpha value is -1.00. The van der Waals surface area contributed by atoms with Gasteiger partial charge in [0.2, 0.25) is 0 Å². The summed E-state index contributed by atoms with van der Waals surface area (Å²) < 4.78 is 22.6. The normalized spacial score (nSPS) is 43.8. The Morgan fingerprint density at radius 3 is 1.89 bits per heavy atom. The molecule has 0 saturated carbocycles. The van der Waals surface area contributed by atoms with E-state index >= 15 is 0 Å². The van der Waals surface area contributed by atoms with Crippen LogP contribution in [0, 0.1) is 5.41 Å². The maximum atomic E-state index is 10.3. The molecule has 0 radical (unpaired) electrons. The highest BCUT2D eigenvalue weighted by Gasteiger charge is 2.46. The molecule has 2 heterocycles. The van der Waals surface area contributed by atoms with E-state index in [1.54, 1.807) is 13.0 Å². The van der Waals surface area contributed by atoms with E-state index in [9.17, 15) is 40.9 Å². The third kappa shape index (κ3) is 6.78. The molecule has 0 spiro atoms. The van der Waals surface area contributed by atoms with Crippen LogP contribution in [0.3, 0.4) is 0 Å². The van der Waals surface area contributed by atoms with Gasteiger partial charge in [0.05, 0.1) is 25.4 Å². The molecular weight excluding hydrogens is 492 g/mol. The molecule has 2 saturated heterocycles. The summed E-state index contributed by atoms with van der Waals surface area (Å²) >= 11 is 0. The van der Waals surface area contributed by atoms with Gasteiger partial charge >= 0.3 is 0 Å². The van der Waals surface area contributed by atoms with Gasteiger partial charge in [-0.3, -0.25) is 0 Å². The lowest BCUT2D eigenvalue weighted by molar-refractivity contribution is -0.313. The lowest BCUT2D eigenvalue weighted by atomic mass is 9.71. The summed E-state index contributed by atoms with van der Waals surface area (Å²) in [5, 5.41) is 79.2. The van der Waals surface area contributed by atoms with Gasteiger partial charge in [-0.15, -0.1) is 0 Å². The Morgan fingerprint density at radius 2 is 1.38 bits per heavy atom. The number of aliphatic hydroxyl groups excluding tert-OH is 8. The molecule has 12 nitrogen and oxygen atoms in total. The van der Waals surface area contributed by atoms with Crippen molar-refractivity contribution < 1.29 is 59.8 Å². The predicted molar refractivity (Wildman–Crippen MR) is 128 cm³/mol. The molecule has 2 fully saturated rings. The van der Waals surface area contributed by atoms with E-state index < -0.39 is 80.7 Å². The SMILES string of the molecule is CC1=C(/C=C/[C@@H](C)O[C@@H]2O[C@H](CO)[C@@H](O)[C@H](O)[C@H]2O)C(C)(C)C[C@H](O[C@@H]2O[C@H](CO)[C@@H](O)[C@H](O)[C@H]2O)C1. The number of hydrogen-bond acceptors (Lipinski definition) is 12. The van der Waals surface area contributed by atoms with Crippen LogP contribution < -0.4 is 0 Å². The third-order valence-corrected chi connectivity index (χ3v) is 7.37. The van der Waals surface area contributed by atoms with Gasteiger partial charge in [0, 0.05) is 0 Å². The molecule has 0 aromatic rings. The molecule has 8 N–H and O–H groups in total. The maximum absolute atomic E-state index is 10.3. The Balaban J connectivity index is 1.64. The van der Waals surface area contributed by atoms with Crippen molar-refractivity contribution in [1.82, 2.24) is 0 Å². The molecule has 3 aliphatic rings. The third-order valence-electron chi connectivity index (χ3n) is 7.37. The number of rotatable bonds is 8. The standard InChI is InChI=1S/C25H42O12/c1-11-7-13(35-24-22(33)20(31)18(29)16(10-27)37-24)8-25(3,4)14(11)6-5-12(2)34-23-21(32)19(30)17(28)15(9-26)36-23/h5-6,12-13,15-24,26-33H,7-10H2,1-4H3/b6-5+/t12-,13-,15-,16-,17-,18-,19+,20+,21-,22-,23-,24-/m1/s1. The minimum absolute atomic E-state index is 0.351. The summed E-state index contributed by atoms with van der Waals surface area (Å²) in [5.41, 5.74) is 1.69. The van der Waals surface area contributed by atoms with Crippen molar-refractivity contribution in [2.45, 2.75) is 114 Å². The molecule has 12 heteroatoms. The smallest absolute Gasteiger partial charge is 0.187 e. The van der Waals surface area contributed by atoms with Gasteiger partial charge in [-0.05, 0) is 37.7 Å². The van der Waals surface area contributed by atoms with Crippen molar-refractivity contribution in [3.8, 4) is 0 Å². The molecule has 3 rings (SSSR count). The van der Waals surface area contributed by atoms with E-state index in [0.717, 1.165) is 11.1 Å². The zero-order valence-corrected chi connectivity index (χ0v) is 21.6. The first-order valence-electron chi connectivity index (χ1n) is 12.6. The summed E-state index contributed by atoms with van der Waals surface area (Å²) in [6.07, 6.45) is -9.55. The fourth-order valence-electron chi connectivity index (χ4n) is 5.28. The molecule has 1 aliphatic carbocycles. The largest absolute Gasteiger partial charge is 0.394 e. The van der Waals surface area contributed by atoms with Crippen LogP contribution in [0.5, 0.6) is 0 Å². The lowest BCUT2D eigenvalue weighted by Crippen LogP contribution is -2.59. The van der Waals surface area contributed by atoms with Crippen molar-refractivity contribution >= 4 is 0 Å². The summed E-state index contributed by atoms with van der Waals surface area (Å²) in [5.74, 6) is 0. The number of hydrogen-bond donors (Lipinski definition) is 8. The number of aliphatic hydroxyl groups is 8. The van der Waals surface area contributed by atoms with E-state index in [2.05, 4.69) is 0 Å². The highest BCUT2D eigenvalue weighted by atomic mass is 16.7. The van der Waals surface area contributed by atoms with Gasteiger partial charge in [0.1, 0.15) is 48.8 Å². The van der Waals surface area contributed by atoms with Crippen molar-refractivity contribution in [3.63, 3.8) is 0 Å². The number of ether oxygens (including phenoxy) is 4. The summed E-state index contributed by atoms with van der Waals surface area (Å²) in [7, 11) is 0. The zero-order chi connectivity index (χ0) is 27.7. The molecule has 214 valence electrons. The Bertz CT molecular complexity index is 811. The van der Waals surface area contributed by atoms with Crippen molar-refractivity contribution in [1.29, 1.82) is 0 Å². The summed E-state index contributed by atoms with van der Waals surface area (Å²) in [6, 6.07) is 0. The Kier molecular flexibility index (Phi) is 10.3. The van der Waals surface area contributed by atoms with Gasteiger partial charge in [-0.1, -0.05) is 31.6 Å². The van der Waals surface area contributed by atoms with E-state index in [0.29, 0.717) is 12.8 Å². The van der Waals surface area contributed by atoms with Gasteiger partial charge < -0.3 is 59.8 Å². The highest BCUT2D eigenvalue weighted by Crippen LogP contribution is 2.43. The second-order valence-electron chi connectivity index (χ2n) is 10.8. The molecule has 2 aliphatic heterocycles. The fourth-order valence-corrected chi connectivity index (χ4v) is 5.28. The zero-order valence-electron chi connectivity index (χ0n) is 21.6. The Morgan fingerprint density at radius 1 is 0.865 bits per heavy atom. The van der Waals surface area contributed by atoms with E-state index in [1.165, 1.54) is 0 Å². The topological polar surface area (TPSA) is 199 Å². The lowest BCUT2D eigenvalue weighted by Gasteiger charge is -2.43. The second-order valence-corrected chi connectivity index (χ2v) is 10.8. The first kappa shape index (κ1) is 30.5. The quantitative estimate of drug-likeness (QED) is 0.172. The van der Waals surface area contributed by atoms with Crippen LogP contribution in [0.25, 0.3) is 0 Å². The fraction of sp³-hybridized carbons (Fsp3) is 0.840. The Labute approximate surface area is 216 Å². The van der Waals surface area contributed by atoms with E-state index in [-0.39, 0.29) is 11.5 Å². The van der Waals surface area contributed by atoms with Crippen LogP contribution in [0.2, 0.25) is 0 Å². The van der Waals surface area contributed by atoms with Gasteiger partial charge in [-0.25, -0.2) is 0 Å². The molecular formula is C25H42O12. The predicted octanol–water partition coefficient (Wildman–Crippen LogP) is -1.93. The molecule has 0 bridgehead atoms. The van der Waals surface area contributed by atoms with Crippen LogP contribution in [0.15, 0.2) is 23.3 Å². The van der Waals surface area contributed by atoms with Crippen LogP contribution in [-0.2, 0) is 18.9 Å².